The first-order valence-electron chi connectivity index (χ1n) is 5.56. The zero-order valence-electron chi connectivity index (χ0n) is 10.5. The molecule has 1 atom stereocenters. The standard InChI is InChI=1S/C9H18B2N2O4/c1-17-7(14)6(13-9(11)16)4-2-3-5-12-8(10)15/h6H,2-5,10-11H2,1H3,(H,12,15)(H,13,16)/t6-/m0/s1. The number of hydrogen-bond acceptors (Lipinski definition) is 4. The van der Waals surface area contributed by atoms with Crippen LogP contribution in [0.3, 0.4) is 0 Å². The first kappa shape index (κ1) is 15.5. The highest BCUT2D eigenvalue weighted by Crippen LogP contribution is 2.02. The number of nitrogens with one attached hydrogen (secondary N) is 2. The van der Waals surface area contributed by atoms with E-state index in [0.717, 1.165) is 12.8 Å². The Kier molecular flexibility index (Phi) is 7.92. The molecule has 0 rings (SSSR count). The smallest absolute Gasteiger partial charge is 0.328 e. The Morgan fingerprint density at radius 1 is 1.18 bits per heavy atom. The minimum atomic E-state index is -0.602. The molecule has 0 aliphatic rings. The molecule has 0 aromatic carbocycles. The van der Waals surface area contributed by atoms with Crippen LogP contribution < -0.4 is 10.6 Å². The lowest BCUT2D eigenvalue weighted by molar-refractivity contribution is -0.143. The van der Waals surface area contributed by atoms with Crippen molar-refractivity contribution in [2.24, 2.45) is 0 Å². The highest BCUT2D eigenvalue weighted by molar-refractivity contribution is 6.57. The van der Waals surface area contributed by atoms with Crippen molar-refractivity contribution in [2.45, 2.75) is 25.3 Å². The average Bonchev–Trinajstić information content (AvgIpc) is 2.25. The van der Waals surface area contributed by atoms with E-state index in [4.69, 9.17) is 0 Å². The molecule has 0 aliphatic heterocycles. The molecule has 0 aliphatic carbocycles. The van der Waals surface area contributed by atoms with Crippen molar-refractivity contribution >= 4 is 33.3 Å². The van der Waals surface area contributed by atoms with Crippen LogP contribution in [-0.4, -0.2) is 53.0 Å². The lowest BCUT2D eigenvalue weighted by Gasteiger charge is -2.15. The monoisotopic (exact) mass is 240 g/mol. The van der Waals surface area contributed by atoms with E-state index in [0.29, 0.717) is 13.0 Å². The normalized spacial score (nSPS) is 11.4. The molecule has 94 valence electrons. The van der Waals surface area contributed by atoms with Crippen molar-refractivity contribution in [2.75, 3.05) is 13.7 Å². The van der Waals surface area contributed by atoms with E-state index in [-0.39, 0.29) is 11.6 Å². The van der Waals surface area contributed by atoms with Gasteiger partial charge >= 0.3 is 5.97 Å². The minimum absolute atomic E-state index is 0.0728. The van der Waals surface area contributed by atoms with Crippen molar-refractivity contribution in [1.29, 1.82) is 0 Å². The Balaban J connectivity index is 3.87. The van der Waals surface area contributed by atoms with Gasteiger partial charge in [-0.05, 0) is 19.3 Å². The molecule has 17 heavy (non-hydrogen) atoms. The molecule has 0 fully saturated rings. The zero-order chi connectivity index (χ0) is 13.3. The summed E-state index contributed by atoms with van der Waals surface area (Å²) in [7, 11) is 4.09. The van der Waals surface area contributed by atoms with Gasteiger partial charge in [0.25, 0.3) is 0 Å². The number of unbranched alkanes of at least 4 members (excludes halogenated alkanes) is 1. The van der Waals surface area contributed by atoms with Crippen LogP contribution in [0.25, 0.3) is 0 Å². The molecule has 0 aromatic rings. The summed E-state index contributed by atoms with van der Waals surface area (Å²) in [6.07, 6.45) is 1.98. The van der Waals surface area contributed by atoms with Gasteiger partial charge in [0, 0.05) is 6.54 Å². The number of ether oxygens (including phenoxy) is 1. The fraction of sp³-hybridized carbons (Fsp3) is 0.667. The summed E-state index contributed by atoms with van der Waals surface area (Å²) in [6.45, 7) is 0.573. The van der Waals surface area contributed by atoms with Crippen molar-refractivity contribution < 1.29 is 19.1 Å². The van der Waals surface area contributed by atoms with Crippen molar-refractivity contribution in [1.82, 2.24) is 10.6 Å². The average molecular weight is 240 g/mol. The van der Waals surface area contributed by atoms with E-state index in [9.17, 15) is 14.4 Å². The maximum absolute atomic E-state index is 11.3. The van der Waals surface area contributed by atoms with Crippen molar-refractivity contribution in [3.8, 4) is 0 Å². The second kappa shape index (κ2) is 8.66. The summed E-state index contributed by atoms with van der Waals surface area (Å²) >= 11 is 0. The summed E-state index contributed by atoms with van der Waals surface area (Å²) in [4.78, 5) is 32.8. The van der Waals surface area contributed by atoms with Gasteiger partial charge in [-0.25, -0.2) is 4.79 Å². The molecule has 0 aromatic heterocycles. The molecule has 0 radical (unpaired) electrons. The zero-order valence-corrected chi connectivity index (χ0v) is 10.5. The fourth-order valence-corrected chi connectivity index (χ4v) is 1.37. The summed E-state index contributed by atoms with van der Waals surface area (Å²) in [5.74, 6) is -0.779. The number of methoxy groups -OCH3 is 1. The van der Waals surface area contributed by atoms with Gasteiger partial charge in [0.15, 0.2) is 11.6 Å². The summed E-state index contributed by atoms with van der Waals surface area (Å²) in [5.41, 5.74) is 0. The molecular formula is C9H18B2N2O4. The lowest BCUT2D eigenvalue weighted by atomic mass is 10.1. The van der Waals surface area contributed by atoms with Gasteiger partial charge in [0.1, 0.15) is 6.04 Å². The van der Waals surface area contributed by atoms with E-state index in [1.54, 1.807) is 0 Å². The van der Waals surface area contributed by atoms with Crippen LogP contribution in [0.4, 0.5) is 9.59 Å². The van der Waals surface area contributed by atoms with Crippen LogP contribution in [0.1, 0.15) is 19.3 Å². The van der Waals surface area contributed by atoms with Gasteiger partial charge in [-0.15, -0.1) is 0 Å². The summed E-state index contributed by atoms with van der Waals surface area (Å²) in [6, 6.07) is -0.602. The Morgan fingerprint density at radius 2 is 1.82 bits per heavy atom. The number of hydrogen-bond donors (Lipinski definition) is 2. The molecule has 0 heterocycles. The Hall–Kier alpha value is -1.46. The Bertz CT molecular complexity index is 286. The maximum atomic E-state index is 11.3. The van der Waals surface area contributed by atoms with E-state index < -0.39 is 12.0 Å². The fourth-order valence-electron chi connectivity index (χ4n) is 1.37. The number of esters is 1. The predicted octanol–water partition coefficient (Wildman–Crippen LogP) is -1.62. The van der Waals surface area contributed by atoms with E-state index in [2.05, 4.69) is 15.4 Å². The van der Waals surface area contributed by atoms with Crippen LogP contribution in [0.5, 0.6) is 0 Å². The second-order valence-electron chi connectivity index (χ2n) is 3.76. The highest BCUT2D eigenvalue weighted by Gasteiger charge is 2.18. The van der Waals surface area contributed by atoms with Gasteiger partial charge in [-0.2, -0.15) is 0 Å². The lowest BCUT2D eigenvalue weighted by Crippen LogP contribution is -2.41. The Labute approximate surface area is 103 Å². The van der Waals surface area contributed by atoms with Gasteiger partial charge in [-0.1, -0.05) is 0 Å². The molecule has 8 heteroatoms. The van der Waals surface area contributed by atoms with Crippen LogP contribution in [0.2, 0.25) is 0 Å². The van der Waals surface area contributed by atoms with Crippen molar-refractivity contribution in [3.05, 3.63) is 0 Å². The number of carbonyl (C=O) groups is 3. The first-order valence-corrected chi connectivity index (χ1v) is 5.56. The van der Waals surface area contributed by atoms with E-state index in [1.807, 2.05) is 0 Å². The Morgan fingerprint density at radius 3 is 2.29 bits per heavy atom. The van der Waals surface area contributed by atoms with E-state index in [1.165, 1.54) is 22.8 Å². The van der Waals surface area contributed by atoms with Crippen LogP contribution in [0.15, 0.2) is 0 Å². The molecule has 0 spiro atoms. The molecule has 6 nitrogen and oxygen atoms in total. The quantitative estimate of drug-likeness (QED) is 0.318. The first-order chi connectivity index (χ1) is 7.97. The molecule has 0 bridgehead atoms. The van der Waals surface area contributed by atoms with Gasteiger partial charge in [0.2, 0.25) is 15.7 Å². The van der Waals surface area contributed by atoms with Gasteiger partial charge < -0.3 is 15.4 Å². The van der Waals surface area contributed by atoms with Crippen molar-refractivity contribution in [3.63, 3.8) is 0 Å². The predicted molar refractivity (Wildman–Crippen MR) is 68.7 cm³/mol. The van der Waals surface area contributed by atoms with Crippen LogP contribution in [0, 0.1) is 0 Å². The van der Waals surface area contributed by atoms with Crippen LogP contribution in [-0.2, 0) is 9.53 Å². The largest absolute Gasteiger partial charge is 0.467 e. The molecule has 2 amide bonds. The maximum Gasteiger partial charge on any atom is 0.328 e. The topological polar surface area (TPSA) is 84.5 Å². The molecule has 0 saturated carbocycles. The third-order valence-electron chi connectivity index (χ3n) is 2.16. The molecule has 0 saturated heterocycles. The van der Waals surface area contributed by atoms with Gasteiger partial charge in [0.05, 0.1) is 7.11 Å². The van der Waals surface area contributed by atoms with E-state index >= 15 is 0 Å². The molecular weight excluding hydrogens is 222 g/mol. The summed E-state index contributed by atoms with van der Waals surface area (Å²) in [5, 5.41) is 5.19. The molecule has 2 N–H and O–H groups in total. The number of amides is 2. The minimum Gasteiger partial charge on any atom is -0.467 e. The SMILES string of the molecule is BC(=O)NCCCC[C@H](NC(B)=O)C(=O)OC. The third-order valence-corrected chi connectivity index (χ3v) is 2.16. The van der Waals surface area contributed by atoms with Crippen LogP contribution >= 0.6 is 0 Å². The number of carbonyl (C=O) groups excluding carboxylic acids is 3. The highest BCUT2D eigenvalue weighted by atomic mass is 16.5. The van der Waals surface area contributed by atoms with Gasteiger partial charge in [-0.3, -0.25) is 9.59 Å². The number of rotatable bonds is 7. The molecule has 0 unspecified atom stereocenters. The summed E-state index contributed by atoms with van der Waals surface area (Å²) < 4.78 is 4.59. The second-order valence-corrected chi connectivity index (χ2v) is 3.76. The third kappa shape index (κ3) is 8.36.